The molecule has 2 aromatic rings. The van der Waals surface area contributed by atoms with Gasteiger partial charge < -0.3 is 19.4 Å². The van der Waals surface area contributed by atoms with Crippen LogP contribution in [0, 0.1) is 0 Å². The van der Waals surface area contributed by atoms with Crippen molar-refractivity contribution in [2.24, 2.45) is 5.16 Å². The molecule has 11 heteroatoms. The molecule has 0 aliphatic carbocycles. The molecule has 1 N–H and O–H groups in total. The number of carbonyl (C=O) groups is 1. The van der Waals surface area contributed by atoms with Gasteiger partial charge in [-0.1, -0.05) is 23.7 Å². The van der Waals surface area contributed by atoms with E-state index < -0.39 is 23.6 Å². The van der Waals surface area contributed by atoms with Gasteiger partial charge in [0.1, 0.15) is 12.0 Å². The summed E-state index contributed by atoms with van der Waals surface area (Å²) < 4.78 is 53.4. The molecule has 0 saturated heterocycles. The second kappa shape index (κ2) is 9.97. The highest BCUT2D eigenvalue weighted by atomic mass is 35.5. The Morgan fingerprint density at radius 3 is 2.60 bits per heavy atom. The SMILES string of the molecule is COC=C(Oc1cccc(C(C=NO)c2ncc(C(F)(F)F)cc2Cl)c1)C(=O)OC. The predicted octanol–water partition coefficient (Wildman–Crippen LogP) is 4.39. The maximum absolute atomic E-state index is 12.9. The molecule has 160 valence electrons. The fourth-order valence-electron chi connectivity index (χ4n) is 2.43. The van der Waals surface area contributed by atoms with Crippen molar-refractivity contribution in [3.05, 3.63) is 70.4 Å². The second-order valence-electron chi connectivity index (χ2n) is 5.71. The number of esters is 1. The summed E-state index contributed by atoms with van der Waals surface area (Å²) in [6, 6.07) is 6.87. The van der Waals surface area contributed by atoms with Gasteiger partial charge in [0, 0.05) is 6.20 Å². The lowest BCUT2D eigenvalue weighted by Crippen LogP contribution is -2.12. The fraction of sp³-hybridized carbons (Fsp3) is 0.211. The smallest absolute Gasteiger partial charge is 0.417 e. The first-order chi connectivity index (χ1) is 14.2. The molecule has 0 spiro atoms. The van der Waals surface area contributed by atoms with E-state index in [1.807, 2.05) is 0 Å². The normalized spacial score (nSPS) is 13.2. The number of carbonyl (C=O) groups excluding carboxylic acids is 1. The largest absolute Gasteiger partial charge is 0.500 e. The van der Waals surface area contributed by atoms with E-state index >= 15 is 0 Å². The number of pyridine rings is 1. The minimum Gasteiger partial charge on any atom is -0.500 e. The third-order valence-electron chi connectivity index (χ3n) is 3.76. The number of halogens is 4. The van der Waals surface area contributed by atoms with E-state index in [4.69, 9.17) is 26.3 Å². The first kappa shape index (κ1) is 23.0. The summed E-state index contributed by atoms with van der Waals surface area (Å²) in [7, 11) is 2.48. The third-order valence-corrected chi connectivity index (χ3v) is 4.07. The van der Waals surface area contributed by atoms with Crippen LogP contribution in [-0.4, -0.2) is 36.6 Å². The molecule has 0 aliphatic rings. The summed E-state index contributed by atoms with van der Waals surface area (Å²) in [5, 5.41) is 11.7. The van der Waals surface area contributed by atoms with E-state index in [1.54, 1.807) is 12.1 Å². The van der Waals surface area contributed by atoms with Crippen LogP contribution in [0.1, 0.15) is 22.7 Å². The zero-order valence-electron chi connectivity index (χ0n) is 15.7. The van der Waals surface area contributed by atoms with Crippen LogP contribution >= 0.6 is 11.6 Å². The second-order valence-corrected chi connectivity index (χ2v) is 6.12. The van der Waals surface area contributed by atoms with Crippen LogP contribution in [0.5, 0.6) is 5.75 Å². The van der Waals surface area contributed by atoms with Crippen LogP contribution in [0.15, 0.2) is 53.7 Å². The molecule has 1 aromatic carbocycles. The number of rotatable bonds is 7. The van der Waals surface area contributed by atoms with Crippen molar-refractivity contribution < 1.29 is 37.4 Å². The number of oxime groups is 1. The predicted molar refractivity (Wildman–Crippen MR) is 101 cm³/mol. The zero-order valence-corrected chi connectivity index (χ0v) is 16.4. The Morgan fingerprint density at radius 1 is 1.30 bits per heavy atom. The van der Waals surface area contributed by atoms with Crippen LogP contribution in [-0.2, 0) is 20.4 Å². The van der Waals surface area contributed by atoms with Gasteiger partial charge in [-0.15, -0.1) is 5.16 Å². The molecule has 1 atom stereocenters. The summed E-state index contributed by atoms with van der Waals surface area (Å²) in [6.07, 6.45) is -1.88. The number of methoxy groups -OCH3 is 2. The van der Waals surface area contributed by atoms with Gasteiger partial charge in [-0.05, 0) is 23.8 Å². The highest BCUT2D eigenvalue weighted by Crippen LogP contribution is 2.35. The van der Waals surface area contributed by atoms with Gasteiger partial charge in [-0.25, -0.2) is 4.79 Å². The van der Waals surface area contributed by atoms with E-state index in [-0.39, 0.29) is 22.2 Å². The zero-order chi connectivity index (χ0) is 22.3. The average molecular weight is 445 g/mol. The summed E-state index contributed by atoms with van der Waals surface area (Å²) >= 11 is 6.02. The number of aromatic nitrogens is 1. The first-order valence-electron chi connectivity index (χ1n) is 8.20. The van der Waals surface area contributed by atoms with Crippen LogP contribution in [0.2, 0.25) is 5.02 Å². The summed E-state index contributed by atoms with van der Waals surface area (Å²) in [5.41, 5.74) is -0.568. The molecule has 1 aromatic heterocycles. The summed E-state index contributed by atoms with van der Waals surface area (Å²) in [6.45, 7) is 0. The van der Waals surface area contributed by atoms with E-state index in [0.717, 1.165) is 25.7 Å². The van der Waals surface area contributed by atoms with Gasteiger partial charge in [-0.3, -0.25) is 4.98 Å². The van der Waals surface area contributed by atoms with Crippen molar-refractivity contribution in [3.8, 4) is 5.75 Å². The molecule has 0 fully saturated rings. The average Bonchev–Trinajstić information content (AvgIpc) is 2.71. The highest BCUT2D eigenvalue weighted by Gasteiger charge is 2.32. The topological polar surface area (TPSA) is 90.2 Å². The van der Waals surface area contributed by atoms with Crippen LogP contribution in [0.25, 0.3) is 0 Å². The molecule has 1 unspecified atom stereocenters. The Bertz CT molecular complexity index is 963. The van der Waals surface area contributed by atoms with Crippen molar-refractivity contribution >= 4 is 23.8 Å². The number of ether oxygens (including phenoxy) is 3. The van der Waals surface area contributed by atoms with E-state index in [1.165, 1.54) is 19.2 Å². The molecule has 7 nitrogen and oxygen atoms in total. The quantitative estimate of drug-likeness (QED) is 0.170. The number of nitrogens with zero attached hydrogens (tertiary/aromatic N) is 2. The minimum absolute atomic E-state index is 0.0280. The highest BCUT2D eigenvalue weighted by molar-refractivity contribution is 6.31. The van der Waals surface area contributed by atoms with Crippen molar-refractivity contribution in [3.63, 3.8) is 0 Å². The van der Waals surface area contributed by atoms with Gasteiger partial charge in [-0.2, -0.15) is 13.2 Å². The number of hydrogen-bond donors (Lipinski definition) is 1. The molecular formula is C19H16ClF3N2O5. The molecule has 1 heterocycles. The molecule has 0 saturated carbocycles. The van der Waals surface area contributed by atoms with Gasteiger partial charge in [0.05, 0.1) is 42.6 Å². The van der Waals surface area contributed by atoms with Crippen molar-refractivity contribution in [2.45, 2.75) is 12.1 Å². The van der Waals surface area contributed by atoms with Crippen LogP contribution in [0.4, 0.5) is 13.2 Å². The molecule has 30 heavy (non-hydrogen) atoms. The third kappa shape index (κ3) is 5.63. The van der Waals surface area contributed by atoms with E-state index in [2.05, 4.69) is 14.9 Å². The molecule has 0 radical (unpaired) electrons. The number of hydrogen-bond acceptors (Lipinski definition) is 7. The Kier molecular flexibility index (Phi) is 7.65. The summed E-state index contributed by atoms with van der Waals surface area (Å²) in [5.74, 6) is -1.75. The van der Waals surface area contributed by atoms with E-state index in [0.29, 0.717) is 11.8 Å². The lowest BCUT2D eigenvalue weighted by molar-refractivity contribution is -0.139. The lowest BCUT2D eigenvalue weighted by atomic mass is 9.95. The number of benzene rings is 1. The maximum atomic E-state index is 12.9. The summed E-state index contributed by atoms with van der Waals surface area (Å²) in [4.78, 5) is 15.5. The Morgan fingerprint density at radius 2 is 2.03 bits per heavy atom. The van der Waals surface area contributed by atoms with Gasteiger partial charge in [0.25, 0.3) is 0 Å². The van der Waals surface area contributed by atoms with Crippen molar-refractivity contribution in [1.29, 1.82) is 0 Å². The standard InChI is InChI=1S/C19H16ClF3N2O5/c1-28-10-16(18(26)29-2)30-13-5-3-4-11(6-13)14(9-25-27)17-15(20)7-12(8-24-17)19(21,22)23/h3-10,14,27H,1-2H3. The van der Waals surface area contributed by atoms with Crippen LogP contribution < -0.4 is 4.74 Å². The molecule has 0 amide bonds. The molecule has 2 rings (SSSR count). The molecular weight excluding hydrogens is 429 g/mol. The number of alkyl halides is 3. The Hall–Kier alpha value is -3.27. The van der Waals surface area contributed by atoms with Crippen molar-refractivity contribution in [2.75, 3.05) is 14.2 Å². The lowest BCUT2D eigenvalue weighted by Gasteiger charge is -2.16. The first-order valence-corrected chi connectivity index (χ1v) is 8.58. The van der Waals surface area contributed by atoms with E-state index in [9.17, 15) is 18.0 Å². The Balaban J connectivity index is 2.44. The maximum Gasteiger partial charge on any atom is 0.417 e. The molecule has 0 aliphatic heterocycles. The van der Waals surface area contributed by atoms with Crippen LogP contribution in [0.3, 0.4) is 0 Å². The van der Waals surface area contributed by atoms with Crippen molar-refractivity contribution in [1.82, 2.24) is 4.98 Å². The van der Waals surface area contributed by atoms with Gasteiger partial charge in [0.2, 0.25) is 5.76 Å². The molecule has 0 bridgehead atoms. The fourth-order valence-corrected chi connectivity index (χ4v) is 2.72. The Labute approximate surface area is 174 Å². The van der Waals surface area contributed by atoms with Gasteiger partial charge in [0.15, 0.2) is 0 Å². The minimum atomic E-state index is -4.61. The van der Waals surface area contributed by atoms with Gasteiger partial charge >= 0.3 is 12.1 Å². The monoisotopic (exact) mass is 444 g/mol.